The molecule has 3 atom stereocenters. The number of fused-ring (bicyclic) bond motifs is 3. The maximum Gasteiger partial charge on any atom is 0.125 e. The van der Waals surface area contributed by atoms with Crippen molar-refractivity contribution in [2.24, 2.45) is 17.8 Å². The van der Waals surface area contributed by atoms with Crippen LogP contribution in [0.4, 0.5) is 4.39 Å². The minimum Gasteiger partial charge on any atom is -0.347 e. The SMILES string of the molecule is Fc1ccc2ccn(CC3CC4CCC3C4)c2c1. The summed E-state index contributed by atoms with van der Waals surface area (Å²) in [5, 5.41) is 1.15. The van der Waals surface area contributed by atoms with Gasteiger partial charge in [-0.05, 0) is 66.7 Å². The van der Waals surface area contributed by atoms with Gasteiger partial charge < -0.3 is 4.57 Å². The van der Waals surface area contributed by atoms with Crippen LogP contribution in [0.15, 0.2) is 30.5 Å². The number of benzene rings is 1. The second-order valence-corrected chi connectivity index (χ2v) is 6.11. The highest BCUT2D eigenvalue weighted by Gasteiger charge is 2.39. The van der Waals surface area contributed by atoms with Crippen molar-refractivity contribution in [1.82, 2.24) is 4.57 Å². The highest BCUT2D eigenvalue weighted by molar-refractivity contribution is 5.80. The van der Waals surface area contributed by atoms with Crippen molar-refractivity contribution >= 4 is 10.9 Å². The van der Waals surface area contributed by atoms with Crippen LogP contribution in [0.3, 0.4) is 0 Å². The lowest BCUT2D eigenvalue weighted by Gasteiger charge is -2.22. The second-order valence-electron chi connectivity index (χ2n) is 6.11. The summed E-state index contributed by atoms with van der Waals surface area (Å²) in [6, 6.07) is 7.19. The molecule has 1 aromatic carbocycles. The Hall–Kier alpha value is -1.31. The zero-order chi connectivity index (χ0) is 12.1. The molecule has 4 rings (SSSR count). The van der Waals surface area contributed by atoms with E-state index in [-0.39, 0.29) is 5.82 Å². The molecule has 0 aliphatic heterocycles. The lowest BCUT2D eigenvalue weighted by molar-refractivity contribution is 0.299. The Morgan fingerprint density at radius 3 is 2.89 bits per heavy atom. The Morgan fingerprint density at radius 1 is 1.17 bits per heavy atom. The van der Waals surface area contributed by atoms with Crippen LogP contribution >= 0.6 is 0 Å². The summed E-state index contributed by atoms with van der Waals surface area (Å²) in [5.74, 6) is 2.61. The molecule has 2 heteroatoms. The van der Waals surface area contributed by atoms with Crippen molar-refractivity contribution in [3.63, 3.8) is 0 Å². The predicted molar refractivity (Wildman–Crippen MR) is 70.8 cm³/mol. The third-order valence-electron chi connectivity index (χ3n) is 5.05. The van der Waals surface area contributed by atoms with Gasteiger partial charge in [0.2, 0.25) is 0 Å². The van der Waals surface area contributed by atoms with Crippen LogP contribution in [0, 0.1) is 23.6 Å². The molecule has 0 saturated heterocycles. The van der Waals surface area contributed by atoms with Gasteiger partial charge in [0, 0.05) is 12.7 Å². The zero-order valence-corrected chi connectivity index (χ0v) is 10.5. The molecule has 2 saturated carbocycles. The molecule has 0 amide bonds. The molecule has 2 aliphatic carbocycles. The highest BCUT2D eigenvalue weighted by atomic mass is 19.1. The Morgan fingerprint density at radius 2 is 2.11 bits per heavy atom. The summed E-state index contributed by atoms with van der Waals surface area (Å²) in [4.78, 5) is 0. The number of rotatable bonds is 2. The molecule has 94 valence electrons. The van der Waals surface area contributed by atoms with Crippen LogP contribution in [0.2, 0.25) is 0 Å². The van der Waals surface area contributed by atoms with Crippen LogP contribution in [0.1, 0.15) is 25.7 Å². The van der Waals surface area contributed by atoms with Gasteiger partial charge >= 0.3 is 0 Å². The van der Waals surface area contributed by atoms with Gasteiger partial charge in [0.1, 0.15) is 5.82 Å². The third-order valence-corrected chi connectivity index (χ3v) is 5.05. The van der Waals surface area contributed by atoms with Crippen LogP contribution in [-0.2, 0) is 6.54 Å². The first kappa shape index (κ1) is 10.6. The van der Waals surface area contributed by atoms with Crippen molar-refractivity contribution in [2.75, 3.05) is 0 Å². The normalized spacial score (nSPS) is 30.4. The van der Waals surface area contributed by atoms with Crippen molar-refractivity contribution in [1.29, 1.82) is 0 Å². The Kier molecular flexibility index (Phi) is 2.26. The number of hydrogen-bond acceptors (Lipinski definition) is 0. The molecule has 2 aliphatic rings. The van der Waals surface area contributed by atoms with E-state index < -0.39 is 0 Å². The van der Waals surface area contributed by atoms with Gasteiger partial charge in [0.15, 0.2) is 0 Å². The zero-order valence-electron chi connectivity index (χ0n) is 10.5. The van der Waals surface area contributed by atoms with Crippen LogP contribution < -0.4 is 0 Å². The standard InChI is InChI=1S/C16H18FN/c17-15-4-3-12-5-6-18(16(12)9-15)10-14-8-11-1-2-13(14)7-11/h3-6,9,11,13-14H,1-2,7-8,10H2. The lowest BCUT2D eigenvalue weighted by Crippen LogP contribution is -2.16. The maximum atomic E-state index is 13.3. The average molecular weight is 243 g/mol. The van der Waals surface area contributed by atoms with Gasteiger partial charge in [-0.3, -0.25) is 0 Å². The molecule has 1 nitrogen and oxygen atoms in total. The molecular formula is C16H18FN. The van der Waals surface area contributed by atoms with Crippen molar-refractivity contribution in [3.05, 3.63) is 36.3 Å². The third kappa shape index (κ3) is 1.58. The van der Waals surface area contributed by atoms with E-state index in [1.807, 2.05) is 6.07 Å². The summed E-state index contributed by atoms with van der Waals surface area (Å²) in [7, 11) is 0. The molecule has 18 heavy (non-hydrogen) atoms. The highest BCUT2D eigenvalue weighted by Crippen LogP contribution is 2.49. The molecule has 3 unspecified atom stereocenters. The summed E-state index contributed by atoms with van der Waals surface area (Å²) >= 11 is 0. The van der Waals surface area contributed by atoms with E-state index in [2.05, 4.69) is 16.8 Å². The monoisotopic (exact) mass is 243 g/mol. The van der Waals surface area contributed by atoms with Crippen molar-refractivity contribution in [2.45, 2.75) is 32.2 Å². The minimum absolute atomic E-state index is 0.129. The molecule has 0 spiro atoms. The Bertz CT molecular complexity index is 586. The summed E-state index contributed by atoms with van der Waals surface area (Å²) in [6.45, 7) is 1.08. The lowest BCUT2D eigenvalue weighted by atomic mass is 9.89. The molecule has 1 heterocycles. The van der Waals surface area contributed by atoms with Crippen LogP contribution in [0.25, 0.3) is 10.9 Å². The fourth-order valence-electron chi connectivity index (χ4n) is 4.17. The summed E-state index contributed by atoms with van der Waals surface area (Å²) < 4.78 is 15.6. The molecule has 1 aromatic heterocycles. The Labute approximate surface area is 107 Å². The van der Waals surface area contributed by atoms with Crippen LogP contribution in [-0.4, -0.2) is 4.57 Å². The van der Waals surface area contributed by atoms with Crippen LogP contribution in [0.5, 0.6) is 0 Å². The summed E-state index contributed by atoms with van der Waals surface area (Å²) in [5.41, 5.74) is 1.05. The number of hydrogen-bond donors (Lipinski definition) is 0. The quantitative estimate of drug-likeness (QED) is 0.744. The maximum absolute atomic E-state index is 13.3. The first-order valence-corrected chi connectivity index (χ1v) is 7.04. The van der Waals surface area contributed by atoms with Gasteiger partial charge in [-0.2, -0.15) is 0 Å². The van der Waals surface area contributed by atoms with Crippen molar-refractivity contribution < 1.29 is 4.39 Å². The smallest absolute Gasteiger partial charge is 0.125 e. The molecule has 2 bridgehead atoms. The largest absolute Gasteiger partial charge is 0.347 e. The van der Waals surface area contributed by atoms with E-state index in [9.17, 15) is 4.39 Å². The molecular weight excluding hydrogens is 225 g/mol. The van der Waals surface area contributed by atoms with Gasteiger partial charge in [-0.25, -0.2) is 4.39 Å². The number of aromatic nitrogens is 1. The first-order valence-electron chi connectivity index (χ1n) is 7.04. The number of halogens is 1. The number of nitrogens with zero attached hydrogens (tertiary/aromatic N) is 1. The minimum atomic E-state index is -0.129. The second kappa shape index (κ2) is 3.84. The first-order chi connectivity index (χ1) is 8.79. The predicted octanol–water partition coefficient (Wildman–Crippen LogP) is 4.22. The fraction of sp³-hybridized carbons (Fsp3) is 0.500. The van der Waals surface area contributed by atoms with E-state index in [1.165, 1.54) is 25.7 Å². The molecule has 2 aromatic rings. The van der Waals surface area contributed by atoms with E-state index in [0.717, 1.165) is 35.2 Å². The van der Waals surface area contributed by atoms with E-state index in [0.29, 0.717) is 0 Å². The van der Waals surface area contributed by atoms with Gasteiger partial charge in [0.05, 0.1) is 5.52 Å². The summed E-state index contributed by atoms with van der Waals surface area (Å²) in [6.07, 6.45) is 7.82. The van der Waals surface area contributed by atoms with Crippen molar-refractivity contribution in [3.8, 4) is 0 Å². The fourth-order valence-corrected chi connectivity index (χ4v) is 4.17. The van der Waals surface area contributed by atoms with E-state index in [4.69, 9.17) is 0 Å². The average Bonchev–Trinajstić information content (AvgIpc) is 3.05. The van der Waals surface area contributed by atoms with Gasteiger partial charge in [0.25, 0.3) is 0 Å². The Balaban J connectivity index is 1.65. The van der Waals surface area contributed by atoms with Gasteiger partial charge in [-0.15, -0.1) is 0 Å². The van der Waals surface area contributed by atoms with E-state index >= 15 is 0 Å². The molecule has 0 radical (unpaired) electrons. The molecule has 2 fully saturated rings. The van der Waals surface area contributed by atoms with Gasteiger partial charge in [-0.1, -0.05) is 6.42 Å². The molecule has 0 N–H and O–H groups in total. The van der Waals surface area contributed by atoms with E-state index in [1.54, 1.807) is 12.1 Å². The topological polar surface area (TPSA) is 4.93 Å².